The number of fused-ring (bicyclic) bond motifs is 5. The summed E-state index contributed by atoms with van der Waals surface area (Å²) in [6.07, 6.45) is 10.5. The Kier molecular flexibility index (Phi) is 5.81. The van der Waals surface area contributed by atoms with Crippen molar-refractivity contribution < 1.29 is 9.59 Å². The Morgan fingerprint density at radius 2 is 1.61 bits per heavy atom. The highest BCUT2D eigenvalue weighted by molar-refractivity contribution is 6.02. The molecule has 36 heavy (non-hydrogen) atoms. The van der Waals surface area contributed by atoms with Crippen molar-refractivity contribution in [3.63, 3.8) is 0 Å². The molecule has 0 radical (unpaired) electrons. The van der Waals surface area contributed by atoms with Crippen LogP contribution in [0.4, 0.5) is 0 Å². The van der Waals surface area contributed by atoms with Crippen molar-refractivity contribution in [1.29, 1.82) is 0 Å². The van der Waals surface area contributed by atoms with Crippen LogP contribution in [0.2, 0.25) is 0 Å². The number of piperidine rings is 1. The van der Waals surface area contributed by atoms with Crippen LogP contribution in [-0.4, -0.2) is 11.8 Å². The van der Waals surface area contributed by atoms with Crippen molar-refractivity contribution >= 4 is 11.8 Å². The molecular weight excluding hydrogens is 444 g/mol. The standard InChI is InChI=1S/C32H38N2O2/c1-31-18-9-14-25(31)23-15-16-27-32(2,26(23)17-19-31)20-24(29(35)33-27)30(36)34-28(21-10-5-3-6-11-21)22-12-7-4-8-13-22/h3-8,10-13,16,23-26,28H,9,14-15,17-20H2,1-2H3,(H,33,35)(H,34,36)/t23-,24?,25-,26+,31-,32+/m0/s1. The Morgan fingerprint density at radius 3 is 2.28 bits per heavy atom. The van der Waals surface area contributed by atoms with Crippen molar-refractivity contribution in [3.05, 3.63) is 83.6 Å². The van der Waals surface area contributed by atoms with Gasteiger partial charge in [-0.1, -0.05) is 87.0 Å². The molecule has 1 saturated heterocycles. The van der Waals surface area contributed by atoms with E-state index < -0.39 is 5.92 Å². The van der Waals surface area contributed by atoms with Crippen LogP contribution in [0.15, 0.2) is 72.4 Å². The summed E-state index contributed by atoms with van der Waals surface area (Å²) in [5.41, 5.74) is 3.44. The smallest absolute Gasteiger partial charge is 0.236 e. The van der Waals surface area contributed by atoms with Crippen LogP contribution in [0.5, 0.6) is 0 Å². The topological polar surface area (TPSA) is 58.2 Å². The Labute approximate surface area is 214 Å². The monoisotopic (exact) mass is 482 g/mol. The molecule has 3 aliphatic carbocycles. The van der Waals surface area contributed by atoms with E-state index in [-0.39, 0.29) is 23.3 Å². The second-order valence-corrected chi connectivity index (χ2v) is 12.2. The van der Waals surface area contributed by atoms with Crippen molar-refractivity contribution in [3.8, 4) is 0 Å². The van der Waals surface area contributed by atoms with Crippen LogP contribution in [0.1, 0.15) is 76.0 Å². The van der Waals surface area contributed by atoms with Gasteiger partial charge in [0, 0.05) is 11.1 Å². The molecule has 2 aromatic rings. The average Bonchev–Trinajstić information content (AvgIpc) is 3.30. The van der Waals surface area contributed by atoms with Gasteiger partial charge in [-0.25, -0.2) is 0 Å². The molecule has 3 fully saturated rings. The molecule has 2 amide bonds. The number of carbonyl (C=O) groups is 2. The third-order valence-electron chi connectivity index (χ3n) is 10.3. The fraction of sp³-hybridized carbons (Fsp3) is 0.500. The number of rotatable bonds is 4. The van der Waals surface area contributed by atoms with E-state index in [0.717, 1.165) is 29.2 Å². The van der Waals surface area contributed by atoms with Crippen LogP contribution in [0.25, 0.3) is 0 Å². The molecule has 6 rings (SSSR count). The van der Waals surface area contributed by atoms with E-state index in [2.05, 4.69) is 30.6 Å². The lowest BCUT2D eigenvalue weighted by Gasteiger charge is -2.57. The summed E-state index contributed by atoms with van der Waals surface area (Å²) in [5, 5.41) is 6.46. The van der Waals surface area contributed by atoms with Gasteiger partial charge < -0.3 is 10.6 Å². The van der Waals surface area contributed by atoms with Crippen molar-refractivity contribution in [2.75, 3.05) is 0 Å². The maximum absolute atomic E-state index is 13.8. The predicted molar refractivity (Wildman–Crippen MR) is 142 cm³/mol. The molecule has 2 aromatic carbocycles. The summed E-state index contributed by atoms with van der Waals surface area (Å²) in [7, 11) is 0. The van der Waals surface area contributed by atoms with Gasteiger partial charge in [-0.2, -0.15) is 0 Å². The summed E-state index contributed by atoms with van der Waals surface area (Å²) in [4.78, 5) is 27.1. The number of hydrogen-bond donors (Lipinski definition) is 2. The fourth-order valence-electron chi connectivity index (χ4n) is 8.38. The summed E-state index contributed by atoms with van der Waals surface area (Å²) in [5.74, 6) is 0.961. The summed E-state index contributed by atoms with van der Waals surface area (Å²) in [6.45, 7) is 4.83. The molecular formula is C32H38N2O2. The van der Waals surface area contributed by atoms with Gasteiger partial charge in [0.25, 0.3) is 0 Å². The molecule has 188 valence electrons. The predicted octanol–water partition coefficient (Wildman–Crippen LogP) is 6.15. The van der Waals surface area contributed by atoms with Gasteiger partial charge in [0.05, 0.1) is 6.04 Å². The van der Waals surface area contributed by atoms with E-state index in [1.165, 1.54) is 32.1 Å². The Balaban J connectivity index is 1.27. The van der Waals surface area contributed by atoms with Crippen LogP contribution >= 0.6 is 0 Å². The van der Waals surface area contributed by atoms with Gasteiger partial charge in [0.15, 0.2) is 0 Å². The first-order valence-electron chi connectivity index (χ1n) is 13.8. The second-order valence-electron chi connectivity index (χ2n) is 12.2. The molecule has 0 aromatic heterocycles. The highest BCUT2D eigenvalue weighted by Gasteiger charge is 2.58. The minimum Gasteiger partial charge on any atom is -0.344 e. The number of benzene rings is 2. The molecule has 0 bridgehead atoms. The van der Waals surface area contributed by atoms with Crippen molar-refractivity contribution in [1.82, 2.24) is 10.6 Å². The van der Waals surface area contributed by atoms with Gasteiger partial charge in [-0.15, -0.1) is 0 Å². The third-order valence-corrected chi connectivity index (χ3v) is 10.3. The molecule has 4 heteroatoms. The molecule has 2 saturated carbocycles. The van der Waals surface area contributed by atoms with E-state index in [1.54, 1.807) is 0 Å². The lowest BCUT2D eigenvalue weighted by Crippen LogP contribution is -2.57. The van der Waals surface area contributed by atoms with Gasteiger partial charge in [0.2, 0.25) is 11.8 Å². The van der Waals surface area contributed by atoms with E-state index in [0.29, 0.717) is 23.7 Å². The molecule has 4 nitrogen and oxygen atoms in total. The Hall–Kier alpha value is -2.88. The largest absolute Gasteiger partial charge is 0.344 e. The zero-order chi connectivity index (χ0) is 24.9. The van der Waals surface area contributed by atoms with Crippen LogP contribution in [0.3, 0.4) is 0 Å². The van der Waals surface area contributed by atoms with Crippen molar-refractivity contribution in [2.24, 2.45) is 34.5 Å². The number of amides is 2. The molecule has 2 N–H and O–H groups in total. The Morgan fingerprint density at radius 1 is 0.944 bits per heavy atom. The van der Waals surface area contributed by atoms with Crippen LogP contribution in [-0.2, 0) is 9.59 Å². The fourth-order valence-corrected chi connectivity index (χ4v) is 8.38. The van der Waals surface area contributed by atoms with Crippen LogP contribution < -0.4 is 10.6 Å². The van der Waals surface area contributed by atoms with Gasteiger partial charge in [0.1, 0.15) is 5.92 Å². The first kappa shape index (κ1) is 23.5. The molecule has 1 aliphatic heterocycles. The summed E-state index contributed by atoms with van der Waals surface area (Å²) in [6, 6.07) is 19.8. The van der Waals surface area contributed by atoms with Gasteiger partial charge in [-0.3, -0.25) is 9.59 Å². The quantitative estimate of drug-likeness (QED) is 0.513. The van der Waals surface area contributed by atoms with Crippen LogP contribution in [0, 0.1) is 34.5 Å². The summed E-state index contributed by atoms with van der Waals surface area (Å²) >= 11 is 0. The lowest BCUT2D eigenvalue weighted by molar-refractivity contribution is -0.141. The maximum atomic E-state index is 13.8. The molecule has 1 heterocycles. The van der Waals surface area contributed by atoms with E-state index in [9.17, 15) is 9.59 Å². The highest BCUT2D eigenvalue weighted by Crippen LogP contribution is 2.64. The van der Waals surface area contributed by atoms with Crippen molar-refractivity contribution in [2.45, 2.75) is 64.8 Å². The average molecular weight is 483 g/mol. The Bertz CT molecular complexity index is 1140. The van der Waals surface area contributed by atoms with Gasteiger partial charge in [-0.05, 0) is 72.8 Å². The second kappa shape index (κ2) is 8.90. The number of hydrogen-bond acceptors (Lipinski definition) is 2. The summed E-state index contributed by atoms with van der Waals surface area (Å²) < 4.78 is 0. The zero-order valence-corrected chi connectivity index (χ0v) is 21.5. The van der Waals surface area contributed by atoms with E-state index in [4.69, 9.17) is 0 Å². The minimum atomic E-state index is -0.683. The lowest BCUT2D eigenvalue weighted by atomic mass is 9.49. The number of carbonyl (C=O) groups excluding carboxylic acids is 2. The first-order chi connectivity index (χ1) is 17.4. The first-order valence-corrected chi connectivity index (χ1v) is 13.8. The van der Waals surface area contributed by atoms with Gasteiger partial charge >= 0.3 is 0 Å². The molecule has 6 atom stereocenters. The number of allylic oxidation sites excluding steroid dienone is 2. The molecule has 1 unspecified atom stereocenters. The van der Waals surface area contributed by atoms with E-state index in [1.807, 2.05) is 60.7 Å². The normalized spacial score (nSPS) is 35.2. The van der Waals surface area contributed by atoms with E-state index >= 15 is 0 Å². The SMILES string of the molecule is C[C@@]12CCC[C@H]1[C@@H]1CC=C3NC(=O)C(C(=O)NC(c4ccccc4)c4ccccc4)C[C@]3(C)[C@@H]1CC2. The third kappa shape index (κ3) is 3.81. The minimum absolute atomic E-state index is 0.155. The molecule has 0 spiro atoms. The number of nitrogens with one attached hydrogen (secondary N) is 2. The maximum Gasteiger partial charge on any atom is 0.236 e. The zero-order valence-electron chi connectivity index (χ0n) is 21.5. The highest BCUT2D eigenvalue weighted by atomic mass is 16.2. The molecule has 4 aliphatic rings.